The van der Waals surface area contributed by atoms with Gasteiger partial charge in [0.1, 0.15) is 0 Å². The van der Waals surface area contributed by atoms with Gasteiger partial charge in [-0.05, 0) is 187 Å². The lowest BCUT2D eigenvalue weighted by Gasteiger charge is -2.20. The molecule has 0 atom stereocenters. The summed E-state index contributed by atoms with van der Waals surface area (Å²) in [6, 6.07) is 67.7. The molecule has 0 unspecified atom stereocenters. The van der Waals surface area contributed by atoms with Gasteiger partial charge in [0.25, 0.3) is 0 Å². The van der Waals surface area contributed by atoms with E-state index in [1.54, 1.807) is 0 Å². The molecule has 9 aromatic carbocycles. The lowest BCUT2D eigenvalue weighted by Crippen LogP contribution is -2.06. The normalized spacial score (nSPS) is 13.0. The van der Waals surface area contributed by atoms with Crippen LogP contribution in [0.1, 0.15) is 66.3 Å². The van der Waals surface area contributed by atoms with E-state index < -0.39 is 0 Å². The first kappa shape index (κ1) is 45.9. The predicted molar refractivity (Wildman–Crippen MR) is 314 cm³/mol. The molecule has 0 spiro atoms. The summed E-state index contributed by atoms with van der Waals surface area (Å²) >= 11 is 0. The van der Waals surface area contributed by atoms with Crippen LogP contribution in [0.15, 0.2) is 231 Å². The van der Waals surface area contributed by atoms with Crippen LogP contribution in [0.25, 0.3) is 106 Å². The van der Waals surface area contributed by atoms with E-state index in [-0.39, 0.29) is 0 Å². The molecule has 72 heavy (non-hydrogen) atoms. The van der Waals surface area contributed by atoms with Gasteiger partial charge in [-0.25, -0.2) is 0 Å². The van der Waals surface area contributed by atoms with Gasteiger partial charge >= 0.3 is 0 Å². The maximum absolute atomic E-state index is 4.11. The van der Waals surface area contributed by atoms with E-state index in [9.17, 15) is 0 Å². The Labute approximate surface area is 425 Å². The van der Waals surface area contributed by atoms with E-state index in [0.717, 1.165) is 24.8 Å². The smallest absolute Gasteiger partial charge is 0.0538 e. The highest BCUT2D eigenvalue weighted by Crippen LogP contribution is 2.46. The Balaban J connectivity index is 1.06. The minimum Gasteiger partial charge on any atom is -0.313 e. The minimum atomic E-state index is 0.935. The zero-order valence-electron chi connectivity index (χ0n) is 41.8. The molecule has 0 fully saturated rings. The van der Waals surface area contributed by atoms with Crippen molar-refractivity contribution in [3.8, 4) is 50.2 Å². The standard InChI is InChI=1S/C71H59N/c1-7-11-23-49(9-3)47(5)58-33-21-34-59(48(58)6)55-28-19-27-53(44-55)54-38-42-68-66(45-54)67-46-56(61-35-20-26-50(10-4)60(61)22-8-2)39-43-69(67)72(68)57-40-36-52(37-41-57)71-64-31-17-15-29-62(64)70(51-24-13-12-14-25-51)63-30-16-18-32-65(63)71/h7-9,11-38,40-42,44-46H,1,3,10,39,43H2,2,4-6H3/b22-8-,23-11-,49-47+. The molecule has 1 nitrogen and oxygen atoms in total. The van der Waals surface area contributed by atoms with Crippen LogP contribution in [-0.2, 0) is 12.8 Å². The quantitative estimate of drug-likeness (QED) is 0.0850. The maximum Gasteiger partial charge on any atom is 0.0538 e. The number of allylic oxidation sites excluding steroid dienone is 8. The molecule has 1 heteroatoms. The molecule has 11 rings (SSSR count). The van der Waals surface area contributed by atoms with Gasteiger partial charge in [-0.1, -0.05) is 208 Å². The second-order valence-electron chi connectivity index (χ2n) is 19.0. The molecule has 0 saturated carbocycles. The Bertz CT molecular complexity index is 3820. The van der Waals surface area contributed by atoms with Crippen molar-refractivity contribution in [1.82, 2.24) is 4.57 Å². The van der Waals surface area contributed by atoms with Gasteiger partial charge in [0.05, 0.1) is 5.52 Å². The van der Waals surface area contributed by atoms with Gasteiger partial charge in [0.2, 0.25) is 0 Å². The van der Waals surface area contributed by atoms with E-state index >= 15 is 0 Å². The molecule has 0 N–H and O–H groups in total. The Hall–Kier alpha value is -8.52. The second-order valence-corrected chi connectivity index (χ2v) is 19.0. The summed E-state index contributed by atoms with van der Waals surface area (Å²) < 4.78 is 2.54. The Morgan fingerprint density at radius 2 is 1.18 bits per heavy atom. The third kappa shape index (κ3) is 8.11. The van der Waals surface area contributed by atoms with Crippen LogP contribution in [0.4, 0.5) is 0 Å². The Morgan fingerprint density at radius 1 is 0.583 bits per heavy atom. The van der Waals surface area contributed by atoms with E-state index in [1.807, 2.05) is 18.2 Å². The van der Waals surface area contributed by atoms with E-state index in [4.69, 9.17) is 0 Å². The number of aromatic nitrogens is 1. The summed E-state index contributed by atoms with van der Waals surface area (Å²) in [5.74, 6) is 0. The second kappa shape index (κ2) is 19.7. The predicted octanol–water partition coefficient (Wildman–Crippen LogP) is 19.7. The number of hydrogen-bond donors (Lipinski definition) is 0. The molecule has 0 amide bonds. The SMILES string of the molecule is C=C/C=C\C(C=C)=C(/C)c1cccc(-c2cccc(-c3ccc4c(c3)c3c(n4-c4ccc(-c5c6ccccc6c(-c6ccccc6)c6ccccc56)cc4)CCC(c4cccc(CC)c4/C=C\C)=C3)c2)c1C. The number of hydrogen-bond acceptors (Lipinski definition) is 0. The molecule has 1 aliphatic carbocycles. The molecular formula is C71H59N. The van der Waals surface area contributed by atoms with Gasteiger partial charge in [0, 0.05) is 22.3 Å². The summed E-state index contributed by atoms with van der Waals surface area (Å²) in [5, 5.41) is 6.33. The molecular weight excluding hydrogens is 867 g/mol. The van der Waals surface area contributed by atoms with Gasteiger partial charge in [0.15, 0.2) is 0 Å². The highest BCUT2D eigenvalue weighted by atomic mass is 15.0. The van der Waals surface area contributed by atoms with Gasteiger partial charge in [-0.15, -0.1) is 0 Å². The highest BCUT2D eigenvalue weighted by molar-refractivity contribution is 6.21. The van der Waals surface area contributed by atoms with Crippen molar-refractivity contribution in [2.75, 3.05) is 0 Å². The molecule has 0 aliphatic heterocycles. The lowest BCUT2D eigenvalue weighted by atomic mass is 9.86. The fourth-order valence-corrected chi connectivity index (χ4v) is 11.6. The van der Waals surface area contributed by atoms with E-state index in [1.165, 1.54) is 133 Å². The molecule has 1 aromatic heterocycles. The van der Waals surface area contributed by atoms with Gasteiger partial charge in [-0.3, -0.25) is 0 Å². The molecule has 348 valence electrons. The van der Waals surface area contributed by atoms with Crippen LogP contribution in [0.2, 0.25) is 0 Å². The fraction of sp³-hybridized carbons (Fsp3) is 0.0986. The lowest BCUT2D eigenvalue weighted by molar-refractivity contribution is 0.897. The van der Waals surface area contributed by atoms with Crippen LogP contribution in [0.5, 0.6) is 0 Å². The number of rotatable bonds is 12. The number of nitrogens with zero attached hydrogens (tertiary/aromatic N) is 1. The van der Waals surface area contributed by atoms with E-state index in [0.29, 0.717) is 0 Å². The first-order valence-electron chi connectivity index (χ1n) is 25.5. The average Bonchev–Trinajstić information content (AvgIpc) is 3.76. The zero-order chi connectivity index (χ0) is 49.3. The van der Waals surface area contributed by atoms with Crippen LogP contribution < -0.4 is 0 Å². The van der Waals surface area contributed by atoms with Crippen molar-refractivity contribution < 1.29 is 0 Å². The van der Waals surface area contributed by atoms with E-state index in [2.05, 4.69) is 252 Å². The van der Waals surface area contributed by atoms with Crippen LogP contribution >= 0.6 is 0 Å². The summed E-state index contributed by atoms with van der Waals surface area (Å²) in [6.45, 7) is 16.8. The molecule has 0 bridgehead atoms. The number of fused-ring (bicyclic) bond motifs is 5. The first-order chi connectivity index (χ1) is 35.4. The Kier molecular flexibility index (Phi) is 12.6. The zero-order valence-corrected chi connectivity index (χ0v) is 41.8. The number of benzene rings is 9. The van der Waals surface area contributed by atoms with Gasteiger partial charge < -0.3 is 4.57 Å². The molecule has 1 heterocycles. The first-order valence-corrected chi connectivity index (χ1v) is 25.5. The monoisotopic (exact) mass is 925 g/mol. The summed E-state index contributed by atoms with van der Waals surface area (Å²) in [4.78, 5) is 0. The minimum absolute atomic E-state index is 0.935. The van der Waals surface area contributed by atoms with Crippen LogP contribution in [0.3, 0.4) is 0 Å². The largest absolute Gasteiger partial charge is 0.313 e. The Morgan fingerprint density at radius 3 is 1.85 bits per heavy atom. The van der Waals surface area contributed by atoms with Crippen molar-refractivity contribution in [3.05, 3.63) is 270 Å². The van der Waals surface area contributed by atoms with Crippen LogP contribution in [-0.4, -0.2) is 4.57 Å². The summed E-state index contributed by atoms with van der Waals surface area (Å²) in [5.41, 5.74) is 25.1. The number of aryl methyl sites for hydroxylation is 1. The fourth-order valence-electron chi connectivity index (χ4n) is 11.6. The third-order valence-electron chi connectivity index (χ3n) is 15.0. The van der Waals surface area contributed by atoms with Crippen molar-refractivity contribution >= 4 is 55.7 Å². The average molecular weight is 926 g/mol. The molecule has 0 radical (unpaired) electrons. The van der Waals surface area contributed by atoms with Crippen molar-refractivity contribution in [1.29, 1.82) is 0 Å². The third-order valence-corrected chi connectivity index (χ3v) is 15.0. The van der Waals surface area contributed by atoms with Crippen molar-refractivity contribution in [2.45, 2.75) is 47.0 Å². The molecule has 10 aromatic rings. The van der Waals surface area contributed by atoms with Crippen molar-refractivity contribution in [3.63, 3.8) is 0 Å². The molecule has 1 aliphatic rings. The summed E-state index contributed by atoms with van der Waals surface area (Å²) in [7, 11) is 0. The topological polar surface area (TPSA) is 4.93 Å². The van der Waals surface area contributed by atoms with Crippen LogP contribution in [0, 0.1) is 6.92 Å². The molecule has 0 saturated heterocycles. The highest BCUT2D eigenvalue weighted by Gasteiger charge is 2.24. The summed E-state index contributed by atoms with van der Waals surface area (Å²) in [6.07, 6.45) is 17.7. The maximum atomic E-state index is 4.11. The van der Waals surface area contributed by atoms with Crippen molar-refractivity contribution in [2.24, 2.45) is 0 Å². The van der Waals surface area contributed by atoms with Gasteiger partial charge in [-0.2, -0.15) is 0 Å².